The zero-order valence-electron chi connectivity index (χ0n) is 9.84. The minimum absolute atomic E-state index is 0.303. The molecule has 0 spiro atoms. The molecule has 2 N–H and O–H groups in total. The monoisotopic (exact) mass is 389 g/mol. The first kappa shape index (κ1) is 14.6. The Morgan fingerprint density at radius 3 is 2.42 bits per heavy atom. The van der Waals surface area contributed by atoms with E-state index in [4.69, 9.17) is 5.73 Å². The van der Waals surface area contributed by atoms with Gasteiger partial charge in [0.2, 0.25) is 0 Å². The molecule has 2 aromatic carbocycles. The third kappa shape index (κ3) is 3.61. The normalized spacial score (nSPS) is 12.5. The van der Waals surface area contributed by atoms with Gasteiger partial charge >= 0.3 is 0 Å². The fraction of sp³-hybridized carbons (Fsp3) is 0.143. The van der Waals surface area contributed by atoms with E-state index in [1.807, 2.05) is 0 Å². The van der Waals surface area contributed by atoms with Crippen molar-refractivity contribution in [2.75, 3.05) is 0 Å². The van der Waals surface area contributed by atoms with E-state index in [2.05, 4.69) is 31.9 Å². The quantitative estimate of drug-likeness (QED) is 0.805. The molecule has 2 aromatic rings. The number of hydrogen-bond acceptors (Lipinski definition) is 1. The van der Waals surface area contributed by atoms with E-state index in [-0.39, 0.29) is 11.6 Å². The van der Waals surface area contributed by atoms with Crippen LogP contribution in [-0.4, -0.2) is 0 Å². The second kappa shape index (κ2) is 6.11. The molecule has 0 radical (unpaired) electrons. The van der Waals surface area contributed by atoms with E-state index in [0.717, 1.165) is 5.56 Å². The van der Waals surface area contributed by atoms with Crippen LogP contribution in [0.1, 0.15) is 17.2 Å². The molecule has 5 heteroatoms. The average molecular weight is 391 g/mol. The van der Waals surface area contributed by atoms with Crippen molar-refractivity contribution in [2.24, 2.45) is 5.73 Å². The fourth-order valence-corrected chi connectivity index (χ4v) is 2.81. The largest absolute Gasteiger partial charge is 0.324 e. The standard InChI is InChI=1S/C14H11Br2F2N/c15-9-2-1-8(13(18)6-9)5-14(19)11-4-3-10(17)7-12(11)16/h1-4,6-7,14H,5,19H2. The molecule has 0 aromatic heterocycles. The summed E-state index contributed by atoms with van der Waals surface area (Å²) in [6.45, 7) is 0. The smallest absolute Gasteiger partial charge is 0.127 e. The Morgan fingerprint density at radius 1 is 1.05 bits per heavy atom. The Hall–Kier alpha value is -0.780. The number of rotatable bonds is 3. The van der Waals surface area contributed by atoms with Crippen LogP contribution in [0.25, 0.3) is 0 Å². The van der Waals surface area contributed by atoms with Crippen LogP contribution in [0, 0.1) is 11.6 Å². The lowest BCUT2D eigenvalue weighted by Gasteiger charge is -2.14. The summed E-state index contributed by atoms with van der Waals surface area (Å²) in [5.41, 5.74) is 7.34. The first-order valence-corrected chi connectivity index (χ1v) is 7.20. The Labute approximate surface area is 127 Å². The first-order chi connectivity index (χ1) is 8.97. The van der Waals surface area contributed by atoms with Gasteiger partial charge in [0.15, 0.2) is 0 Å². The van der Waals surface area contributed by atoms with Crippen LogP contribution in [0.5, 0.6) is 0 Å². The van der Waals surface area contributed by atoms with Crippen molar-refractivity contribution in [1.29, 1.82) is 0 Å². The molecule has 100 valence electrons. The minimum Gasteiger partial charge on any atom is -0.324 e. The number of hydrogen-bond donors (Lipinski definition) is 1. The second-order valence-corrected chi connectivity index (χ2v) is 5.98. The topological polar surface area (TPSA) is 26.0 Å². The van der Waals surface area contributed by atoms with Crippen molar-refractivity contribution in [3.8, 4) is 0 Å². The van der Waals surface area contributed by atoms with Crippen molar-refractivity contribution >= 4 is 31.9 Å². The fourth-order valence-electron chi connectivity index (χ4n) is 1.84. The molecule has 0 saturated carbocycles. The van der Waals surface area contributed by atoms with Gasteiger partial charge in [-0.3, -0.25) is 0 Å². The summed E-state index contributed by atoms with van der Waals surface area (Å²) < 4.78 is 28.0. The summed E-state index contributed by atoms with van der Waals surface area (Å²) in [5, 5.41) is 0. The van der Waals surface area contributed by atoms with E-state index in [1.54, 1.807) is 18.2 Å². The summed E-state index contributed by atoms with van der Waals surface area (Å²) in [7, 11) is 0. The molecule has 0 aliphatic heterocycles. The van der Waals surface area contributed by atoms with Gasteiger partial charge < -0.3 is 5.73 Å². The van der Waals surface area contributed by atoms with Crippen molar-refractivity contribution in [3.05, 3.63) is 68.1 Å². The minimum atomic E-state index is -0.398. The molecule has 1 atom stereocenters. The van der Waals surface area contributed by atoms with Gasteiger partial charge in [0, 0.05) is 15.0 Å². The summed E-state index contributed by atoms with van der Waals surface area (Å²) in [4.78, 5) is 0. The highest BCUT2D eigenvalue weighted by Gasteiger charge is 2.13. The summed E-state index contributed by atoms with van der Waals surface area (Å²) in [6, 6.07) is 8.78. The van der Waals surface area contributed by atoms with Gasteiger partial charge in [0.1, 0.15) is 11.6 Å². The molecular formula is C14H11Br2F2N. The van der Waals surface area contributed by atoms with Gasteiger partial charge in [0.25, 0.3) is 0 Å². The number of halogens is 4. The van der Waals surface area contributed by atoms with E-state index < -0.39 is 6.04 Å². The zero-order valence-corrected chi connectivity index (χ0v) is 13.0. The van der Waals surface area contributed by atoms with Gasteiger partial charge in [-0.1, -0.05) is 44.0 Å². The van der Waals surface area contributed by atoms with Crippen molar-refractivity contribution < 1.29 is 8.78 Å². The van der Waals surface area contributed by atoms with Crippen LogP contribution in [0.15, 0.2) is 45.3 Å². The average Bonchev–Trinajstić information content (AvgIpc) is 2.32. The maximum absolute atomic E-state index is 13.7. The summed E-state index contributed by atoms with van der Waals surface area (Å²) >= 11 is 6.48. The van der Waals surface area contributed by atoms with Gasteiger partial charge in [-0.05, 0) is 41.8 Å². The highest BCUT2D eigenvalue weighted by atomic mass is 79.9. The van der Waals surface area contributed by atoms with Crippen LogP contribution >= 0.6 is 31.9 Å². The highest BCUT2D eigenvalue weighted by Crippen LogP contribution is 2.26. The van der Waals surface area contributed by atoms with Crippen LogP contribution in [-0.2, 0) is 6.42 Å². The van der Waals surface area contributed by atoms with Crippen LogP contribution in [0.3, 0.4) is 0 Å². The number of benzene rings is 2. The van der Waals surface area contributed by atoms with E-state index in [0.29, 0.717) is 20.9 Å². The van der Waals surface area contributed by atoms with E-state index >= 15 is 0 Å². The molecular weight excluding hydrogens is 380 g/mol. The summed E-state index contributed by atoms with van der Waals surface area (Å²) in [5.74, 6) is -0.638. The molecule has 0 heterocycles. The lowest BCUT2D eigenvalue weighted by molar-refractivity contribution is 0.590. The maximum atomic E-state index is 13.7. The highest BCUT2D eigenvalue weighted by molar-refractivity contribution is 9.10. The van der Waals surface area contributed by atoms with Crippen LogP contribution in [0.2, 0.25) is 0 Å². The third-order valence-corrected chi connectivity index (χ3v) is 4.00. The van der Waals surface area contributed by atoms with E-state index in [9.17, 15) is 8.78 Å². The molecule has 0 saturated heterocycles. The first-order valence-electron chi connectivity index (χ1n) is 5.62. The number of nitrogens with two attached hydrogens (primary N) is 1. The van der Waals surface area contributed by atoms with Gasteiger partial charge in [-0.2, -0.15) is 0 Å². The third-order valence-electron chi connectivity index (χ3n) is 2.82. The van der Waals surface area contributed by atoms with Gasteiger partial charge in [0.05, 0.1) is 0 Å². The Balaban J connectivity index is 2.23. The molecule has 2 rings (SSSR count). The molecule has 19 heavy (non-hydrogen) atoms. The molecule has 0 aliphatic carbocycles. The Bertz CT molecular complexity index is 602. The predicted octanol–water partition coefficient (Wildman–Crippen LogP) is 4.73. The molecule has 0 aliphatic rings. The Morgan fingerprint density at radius 2 is 1.79 bits per heavy atom. The van der Waals surface area contributed by atoms with Gasteiger partial charge in [-0.25, -0.2) is 8.78 Å². The molecule has 1 nitrogen and oxygen atoms in total. The summed E-state index contributed by atoms with van der Waals surface area (Å²) in [6.07, 6.45) is 0.351. The second-order valence-electron chi connectivity index (χ2n) is 4.21. The molecule has 0 fully saturated rings. The lowest BCUT2D eigenvalue weighted by atomic mass is 9.99. The predicted molar refractivity (Wildman–Crippen MR) is 78.8 cm³/mol. The maximum Gasteiger partial charge on any atom is 0.127 e. The molecule has 0 amide bonds. The van der Waals surface area contributed by atoms with E-state index in [1.165, 1.54) is 18.2 Å². The lowest BCUT2D eigenvalue weighted by Crippen LogP contribution is -2.15. The van der Waals surface area contributed by atoms with Crippen molar-refractivity contribution in [3.63, 3.8) is 0 Å². The van der Waals surface area contributed by atoms with Crippen molar-refractivity contribution in [1.82, 2.24) is 0 Å². The zero-order chi connectivity index (χ0) is 14.0. The Kier molecular flexibility index (Phi) is 4.71. The molecule has 1 unspecified atom stereocenters. The SMILES string of the molecule is NC(Cc1ccc(Br)cc1F)c1ccc(F)cc1Br. The van der Waals surface area contributed by atoms with Crippen molar-refractivity contribution in [2.45, 2.75) is 12.5 Å². The van der Waals surface area contributed by atoms with Gasteiger partial charge in [-0.15, -0.1) is 0 Å². The van der Waals surface area contributed by atoms with Crippen LogP contribution < -0.4 is 5.73 Å². The van der Waals surface area contributed by atoms with Crippen LogP contribution in [0.4, 0.5) is 8.78 Å². The molecule has 0 bridgehead atoms.